The van der Waals surface area contributed by atoms with Crippen molar-refractivity contribution in [1.82, 2.24) is 10.1 Å². The predicted octanol–water partition coefficient (Wildman–Crippen LogP) is 0.769. The standard InChI is InChI=1S/C14H15N3O3S/c15-17-14(18)12-7-4-8-13(9-12)21(19,20)16-10-11-5-2-1-3-6-11/h1-9,16H,10,15H2,(H,17,18). The molecule has 0 aliphatic rings. The van der Waals surface area contributed by atoms with Gasteiger partial charge in [0.25, 0.3) is 5.91 Å². The second-order valence-electron chi connectivity index (χ2n) is 4.31. The lowest BCUT2D eigenvalue weighted by Gasteiger charge is -2.08. The molecule has 0 heterocycles. The topological polar surface area (TPSA) is 101 Å². The predicted molar refractivity (Wildman–Crippen MR) is 78.6 cm³/mol. The number of nitrogens with one attached hydrogen (secondary N) is 2. The third kappa shape index (κ3) is 3.88. The van der Waals surface area contributed by atoms with Gasteiger partial charge in [-0.1, -0.05) is 36.4 Å². The van der Waals surface area contributed by atoms with Crippen LogP contribution in [0.1, 0.15) is 15.9 Å². The summed E-state index contributed by atoms with van der Waals surface area (Å²) in [6.07, 6.45) is 0. The Hall–Kier alpha value is -2.22. The molecular formula is C14H15N3O3S. The van der Waals surface area contributed by atoms with Crippen molar-refractivity contribution >= 4 is 15.9 Å². The first-order valence-electron chi connectivity index (χ1n) is 6.17. The summed E-state index contributed by atoms with van der Waals surface area (Å²) in [5.41, 5.74) is 2.99. The van der Waals surface area contributed by atoms with E-state index in [1.165, 1.54) is 24.3 Å². The molecule has 2 aromatic carbocycles. The van der Waals surface area contributed by atoms with Gasteiger partial charge in [-0.2, -0.15) is 0 Å². The average molecular weight is 305 g/mol. The lowest BCUT2D eigenvalue weighted by atomic mass is 10.2. The van der Waals surface area contributed by atoms with Crippen LogP contribution in [-0.2, 0) is 16.6 Å². The van der Waals surface area contributed by atoms with Crippen molar-refractivity contribution in [2.24, 2.45) is 5.84 Å². The van der Waals surface area contributed by atoms with Crippen molar-refractivity contribution in [1.29, 1.82) is 0 Å². The van der Waals surface area contributed by atoms with Crippen LogP contribution in [0.25, 0.3) is 0 Å². The van der Waals surface area contributed by atoms with E-state index in [2.05, 4.69) is 4.72 Å². The monoisotopic (exact) mass is 305 g/mol. The molecule has 110 valence electrons. The minimum absolute atomic E-state index is 0.0135. The summed E-state index contributed by atoms with van der Waals surface area (Å²) in [5, 5.41) is 0. The zero-order valence-electron chi connectivity index (χ0n) is 11.1. The molecule has 0 saturated carbocycles. The van der Waals surface area contributed by atoms with Gasteiger partial charge < -0.3 is 0 Å². The summed E-state index contributed by atoms with van der Waals surface area (Å²) in [6.45, 7) is 0.177. The fourth-order valence-electron chi connectivity index (χ4n) is 1.75. The Morgan fingerprint density at radius 2 is 1.76 bits per heavy atom. The summed E-state index contributed by atoms with van der Waals surface area (Å²) in [5.74, 6) is 4.49. The van der Waals surface area contributed by atoms with Gasteiger partial charge in [0, 0.05) is 12.1 Å². The van der Waals surface area contributed by atoms with Crippen LogP contribution < -0.4 is 16.0 Å². The van der Waals surface area contributed by atoms with E-state index in [9.17, 15) is 13.2 Å². The highest BCUT2D eigenvalue weighted by molar-refractivity contribution is 7.89. The normalized spacial score (nSPS) is 11.1. The number of hydrogen-bond acceptors (Lipinski definition) is 4. The van der Waals surface area contributed by atoms with Gasteiger partial charge in [0.15, 0.2) is 0 Å². The molecule has 0 atom stereocenters. The molecule has 0 unspecified atom stereocenters. The average Bonchev–Trinajstić information content (AvgIpc) is 2.53. The molecule has 0 saturated heterocycles. The van der Waals surface area contributed by atoms with Crippen molar-refractivity contribution in [3.8, 4) is 0 Å². The highest BCUT2D eigenvalue weighted by Crippen LogP contribution is 2.12. The number of sulfonamides is 1. The molecule has 0 aliphatic heterocycles. The van der Waals surface area contributed by atoms with Gasteiger partial charge in [0.2, 0.25) is 10.0 Å². The molecule has 2 rings (SSSR count). The van der Waals surface area contributed by atoms with Crippen LogP contribution in [0.3, 0.4) is 0 Å². The minimum atomic E-state index is -3.69. The van der Waals surface area contributed by atoms with Gasteiger partial charge in [0.05, 0.1) is 4.90 Å². The largest absolute Gasteiger partial charge is 0.290 e. The molecular weight excluding hydrogens is 290 g/mol. The van der Waals surface area contributed by atoms with Crippen LogP contribution in [0.5, 0.6) is 0 Å². The Balaban J connectivity index is 2.18. The van der Waals surface area contributed by atoms with Crippen LogP contribution in [-0.4, -0.2) is 14.3 Å². The lowest BCUT2D eigenvalue weighted by molar-refractivity contribution is 0.0953. The van der Waals surface area contributed by atoms with Crippen LogP contribution in [0, 0.1) is 0 Å². The number of rotatable bonds is 5. The van der Waals surface area contributed by atoms with Gasteiger partial charge in [-0.3, -0.25) is 10.2 Å². The number of nitrogen functional groups attached to an aromatic ring is 1. The summed E-state index contributed by atoms with van der Waals surface area (Å²) in [6, 6.07) is 14.8. The van der Waals surface area contributed by atoms with E-state index < -0.39 is 15.9 Å². The number of carbonyl (C=O) groups excluding carboxylic acids is 1. The fourth-order valence-corrected chi connectivity index (χ4v) is 2.81. The second-order valence-corrected chi connectivity index (χ2v) is 6.08. The van der Waals surface area contributed by atoms with Gasteiger partial charge in [0.1, 0.15) is 0 Å². The summed E-state index contributed by atoms with van der Waals surface area (Å²) < 4.78 is 26.9. The maximum Gasteiger partial charge on any atom is 0.265 e. The SMILES string of the molecule is NNC(=O)c1cccc(S(=O)(=O)NCc2ccccc2)c1. The summed E-state index contributed by atoms with van der Waals surface area (Å²) in [7, 11) is -3.69. The molecule has 21 heavy (non-hydrogen) atoms. The van der Waals surface area contributed by atoms with E-state index in [0.29, 0.717) is 0 Å². The van der Waals surface area contributed by atoms with Crippen LogP contribution in [0.15, 0.2) is 59.5 Å². The molecule has 0 spiro atoms. The first-order chi connectivity index (χ1) is 10.0. The van der Waals surface area contributed by atoms with Crippen molar-refractivity contribution in [2.75, 3.05) is 0 Å². The van der Waals surface area contributed by atoms with Gasteiger partial charge in [-0.25, -0.2) is 19.0 Å². The molecule has 0 bridgehead atoms. The van der Waals surface area contributed by atoms with E-state index in [0.717, 1.165) is 5.56 Å². The number of hydrogen-bond donors (Lipinski definition) is 3. The number of carbonyl (C=O) groups is 1. The van der Waals surface area contributed by atoms with E-state index in [1.807, 2.05) is 35.8 Å². The molecule has 0 aliphatic carbocycles. The molecule has 0 aromatic heterocycles. The van der Waals surface area contributed by atoms with Crippen LogP contribution in [0.2, 0.25) is 0 Å². The van der Waals surface area contributed by atoms with Gasteiger partial charge >= 0.3 is 0 Å². The van der Waals surface area contributed by atoms with E-state index >= 15 is 0 Å². The van der Waals surface area contributed by atoms with Crippen molar-refractivity contribution in [3.63, 3.8) is 0 Å². The fraction of sp³-hybridized carbons (Fsp3) is 0.0714. The summed E-state index contributed by atoms with van der Waals surface area (Å²) in [4.78, 5) is 11.4. The first-order valence-corrected chi connectivity index (χ1v) is 7.66. The van der Waals surface area contributed by atoms with E-state index in [1.54, 1.807) is 0 Å². The quantitative estimate of drug-likeness (QED) is 0.431. The number of hydrazine groups is 1. The second kappa shape index (κ2) is 6.49. The molecule has 2 aromatic rings. The van der Waals surface area contributed by atoms with Crippen molar-refractivity contribution in [2.45, 2.75) is 11.4 Å². The van der Waals surface area contributed by atoms with Crippen LogP contribution >= 0.6 is 0 Å². The Kier molecular flexibility index (Phi) is 4.69. The Morgan fingerprint density at radius 1 is 1.05 bits per heavy atom. The minimum Gasteiger partial charge on any atom is -0.290 e. The maximum atomic E-state index is 12.2. The maximum absolute atomic E-state index is 12.2. The summed E-state index contributed by atoms with van der Waals surface area (Å²) >= 11 is 0. The lowest BCUT2D eigenvalue weighted by Crippen LogP contribution is -2.30. The van der Waals surface area contributed by atoms with Crippen molar-refractivity contribution in [3.05, 3.63) is 65.7 Å². The zero-order chi connectivity index (χ0) is 15.3. The zero-order valence-corrected chi connectivity index (χ0v) is 11.9. The van der Waals surface area contributed by atoms with Crippen LogP contribution in [0.4, 0.5) is 0 Å². The number of amides is 1. The van der Waals surface area contributed by atoms with Gasteiger partial charge in [-0.15, -0.1) is 0 Å². The van der Waals surface area contributed by atoms with E-state index in [4.69, 9.17) is 5.84 Å². The number of nitrogens with two attached hydrogens (primary N) is 1. The highest BCUT2D eigenvalue weighted by atomic mass is 32.2. The smallest absolute Gasteiger partial charge is 0.265 e. The van der Waals surface area contributed by atoms with E-state index in [-0.39, 0.29) is 17.0 Å². The third-order valence-electron chi connectivity index (χ3n) is 2.85. The molecule has 6 nitrogen and oxygen atoms in total. The molecule has 7 heteroatoms. The van der Waals surface area contributed by atoms with Gasteiger partial charge in [-0.05, 0) is 23.8 Å². The Bertz CT molecular complexity index is 730. The molecule has 0 radical (unpaired) electrons. The first kappa shape index (κ1) is 15.2. The Morgan fingerprint density at radius 3 is 2.43 bits per heavy atom. The molecule has 1 amide bonds. The Labute approximate surface area is 123 Å². The molecule has 4 N–H and O–H groups in total. The number of benzene rings is 2. The highest BCUT2D eigenvalue weighted by Gasteiger charge is 2.15. The third-order valence-corrected chi connectivity index (χ3v) is 4.25. The van der Waals surface area contributed by atoms with Crippen molar-refractivity contribution < 1.29 is 13.2 Å². The molecule has 0 fully saturated rings.